The van der Waals surface area contributed by atoms with Crippen LogP contribution in [-0.2, 0) is 24.8 Å². The molecule has 1 atom stereocenters. The summed E-state index contributed by atoms with van der Waals surface area (Å²) in [5.41, 5.74) is 1.15. The SMILES string of the molecule is Cc1ccnc(NS(=O)(=O)c2ccc(NC(=O)[C@@H](C)N(c3ccc(Oc4ccccc4)cc3)S(C)(=O)=O)cc2)n1. The van der Waals surface area contributed by atoms with Gasteiger partial charge in [0.25, 0.3) is 10.0 Å². The van der Waals surface area contributed by atoms with Gasteiger partial charge in [-0.1, -0.05) is 18.2 Å². The number of carbonyl (C=O) groups excluding carboxylic acids is 1. The molecule has 0 unspecified atom stereocenters. The summed E-state index contributed by atoms with van der Waals surface area (Å²) in [6.45, 7) is 3.16. The number of hydrogen-bond donors (Lipinski definition) is 2. The maximum atomic E-state index is 13.0. The van der Waals surface area contributed by atoms with E-state index < -0.39 is 32.0 Å². The smallest absolute Gasteiger partial charge is 0.264 e. The molecule has 1 amide bonds. The normalized spacial score (nSPS) is 12.3. The monoisotopic (exact) mass is 581 g/mol. The molecule has 0 saturated heterocycles. The Bertz CT molecular complexity index is 1700. The number of sulfonamides is 2. The van der Waals surface area contributed by atoms with Crippen LogP contribution in [-0.4, -0.2) is 45.0 Å². The van der Waals surface area contributed by atoms with Crippen LogP contribution in [0.4, 0.5) is 17.3 Å². The van der Waals surface area contributed by atoms with Crippen molar-refractivity contribution in [3.05, 3.63) is 96.8 Å². The number of aryl methyl sites for hydroxylation is 1. The number of hydrogen-bond acceptors (Lipinski definition) is 8. The summed E-state index contributed by atoms with van der Waals surface area (Å²) in [6.07, 6.45) is 2.45. The third-order valence-corrected chi connectivity index (χ3v) is 8.20. The fourth-order valence-corrected chi connectivity index (χ4v) is 5.86. The Hall–Kier alpha value is -4.49. The van der Waals surface area contributed by atoms with Crippen LogP contribution in [0.25, 0.3) is 0 Å². The van der Waals surface area contributed by atoms with Gasteiger partial charge in [-0.15, -0.1) is 0 Å². The average Bonchev–Trinajstić information content (AvgIpc) is 2.89. The van der Waals surface area contributed by atoms with Gasteiger partial charge in [0.1, 0.15) is 17.5 Å². The van der Waals surface area contributed by atoms with Crippen molar-refractivity contribution >= 4 is 43.3 Å². The average molecular weight is 582 g/mol. The van der Waals surface area contributed by atoms with Gasteiger partial charge in [0, 0.05) is 17.6 Å². The quantitative estimate of drug-likeness (QED) is 0.284. The van der Waals surface area contributed by atoms with Crippen LogP contribution < -0.4 is 19.1 Å². The van der Waals surface area contributed by atoms with E-state index in [1.807, 2.05) is 18.2 Å². The fraction of sp³-hybridized carbons (Fsp3) is 0.148. The number of aromatic nitrogens is 2. The van der Waals surface area contributed by atoms with Crippen molar-refractivity contribution in [1.82, 2.24) is 9.97 Å². The molecular formula is C27H27N5O6S2. The van der Waals surface area contributed by atoms with Crippen molar-refractivity contribution in [1.29, 1.82) is 0 Å². The predicted octanol–water partition coefficient (Wildman–Crippen LogP) is 4.17. The second-order valence-electron chi connectivity index (χ2n) is 8.78. The van der Waals surface area contributed by atoms with E-state index in [-0.39, 0.29) is 22.2 Å². The summed E-state index contributed by atoms with van der Waals surface area (Å²) in [5.74, 6) is 0.448. The zero-order valence-corrected chi connectivity index (χ0v) is 23.5. The molecule has 0 aliphatic rings. The first-order valence-corrected chi connectivity index (χ1v) is 15.3. The Morgan fingerprint density at radius 2 is 1.50 bits per heavy atom. The van der Waals surface area contributed by atoms with Gasteiger partial charge in [-0.05, 0) is 80.6 Å². The molecule has 4 rings (SSSR count). The Balaban J connectivity index is 1.46. The molecule has 0 aliphatic heterocycles. The molecule has 0 spiro atoms. The summed E-state index contributed by atoms with van der Waals surface area (Å²) in [6, 6.07) is 21.3. The molecule has 11 nitrogen and oxygen atoms in total. The number of rotatable bonds is 10. The van der Waals surface area contributed by atoms with Crippen LogP contribution >= 0.6 is 0 Å². The molecule has 0 bridgehead atoms. The van der Waals surface area contributed by atoms with E-state index in [0.29, 0.717) is 17.2 Å². The Kier molecular flexibility index (Phi) is 8.35. The van der Waals surface area contributed by atoms with E-state index in [1.165, 1.54) is 37.4 Å². The number of benzene rings is 3. The van der Waals surface area contributed by atoms with Crippen LogP contribution in [0.3, 0.4) is 0 Å². The molecule has 1 aromatic heterocycles. The van der Waals surface area contributed by atoms with E-state index in [0.717, 1.165) is 10.6 Å². The first kappa shape index (κ1) is 28.5. The van der Waals surface area contributed by atoms with Crippen LogP contribution in [0.15, 0.2) is 96.0 Å². The lowest BCUT2D eigenvalue weighted by atomic mass is 10.2. The molecule has 3 aromatic carbocycles. The number of ether oxygens (including phenoxy) is 1. The van der Waals surface area contributed by atoms with Gasteiger partial charge in [-0.25, -0.2) is 31.5 Å². The topological polar surface area (TPSA) is 148 Å². The van der Waals surface area contributed by atoms with Crippen molar-refractivity contribution in [3.8, 4) is 11.5 Å². The summed E-state index contributed by atoms with van der Waals surface area (Å²) in [5, 5.41) is 2.63. The van der Waals surface area contributed by atoms with Crippen LogP contribution in [0.5, 0.6) is 11.5 Å². The summed E-state index contributed by atoms with van der Waals surface area (Å²) in [7, 11) is -7.82. The molecule has 1 heterocycles. The minimum Gasteiger partial charge on any atom is -0.457 e. The van der Waals surface area contributed by atoms with Gasteiger partial charge in [-0.2, -0.15) is 0 Å². The highest BCUT2D eigenvalue weighted by Gasteiger charge is 2.29. The number of carbonyl (C=O) groups is 1. The predicted molar refractivity (Wildman–Crippen MR) is 152 cm³/mol. The summed E-state index contributed by atoms with van der Waals surface area (Å²) >= 11 is 0. The van der Waals surface area contributed by atoms with E-state index in [1.54, 1.807) is 49.4 Å². The van der Waals surface area contributed by atoms with E-state index in [9.17, 15) is 21.6 Å². The van der Waals surface area contributed by atoms with Crippen molar-refractivity contribution in [3.63, 3.8) is 0 Å². The van der Waals surface area contributed by atoms with Gasteiger partial charge in [0.05, 0.1) is 16.8 Å². The third-order valence-electron chi connectivity index (χ3n) is 5.61. The number of nitrogens with zero attached hydrogens (tertiary/aromatic N) is 3. The molecular weight excluding hydrogens is 554 g/mol. The highest BCUT2D eigenvalue weighted by Crippen LogP contribution is 2.27. The number of para-hydroxylation sites is 1. The number of anilines is 3. The lowest BCUT2D eigenvalue weighted by molar-refractivity contribution is -0.116. The van der Waals surface area contributed by atoms with Crippen LogP contribution in [0, 0.1) is 6.92 Å². The largest absolute Gasteiger partial charge is 0.457 e. The van der Waals surface area contributed by atoms with Gasteiger partial charge >= 0.3 is 0 Å². The molecule has 40 heavy (non-hydrogen) atoms. The third kappa shape index (κ3) is 7.12. The molecule has 0 saturated carbocycles. The van der Waals surface area contributed by atoms with Crippen molar-refractivity contribution < 1.29 is 26.4 Å². The van der Waals surface area contributed by atoms with E-state index in [2.05, 4.69) is 20.0 Å². The van der Waals surface area contributed by atoms with Gasteiger partial charge < -0.3 is 10.1 Å². The maximum Gasteiger partial charge on any atom is 0.264 e. The second kappa shape index (κ2) is 11.7. The molecule has 208 valence electrons. The van der Waals surface area contributed by atoms with Gasteiger partial charge in [-0.3, -0.25) is 9.10 Å². The van der Waals surface area contributed by atoms with Gasteiger partial charge in [0.15, 0.2) is 0 Å². The Morgan fingerprint density at radius 1 is 0.875 bits per heavy atom. The van der Waals surface area contributed by atoms with Crippen LogP contribution in [0.2, 0.25) is 0 Å². The fourth-order valence-electron chi connectivity index (χ4n) is 3.74. The second-order valence-corrected chi connectivity index (χ2v) is 12.3. The summed E-state index contributed by atoms with van der Waals surface area (Å²) < 4.78 is 59.7. The lowest BCUT2D eigenvalue weighted by Crippen LogP contribution is -2.45. The Morgan fingerprint density at radius 3 is 2.10 bits per heavy atom. The zero-order chi connectivity index (χ0) is 28.9. The molecule has 2 N–H and O–H groups in total. The molecule has 13 heteroatoms. The first-order valence-electron chi connectivity index (χ1n) is 12.0. The first-order chi connectivity index (χ1) is 18.9. The maximum absolute atomic E-state index is 13.0. The number of nitrogens with one attached hydrogen (secondary N) is 2. The van der Waals surface area contributed by atoms with Crippen molar-refractivity contribution in [2.45, 2.75) is 24.8 Å². The van der Waals surface area contributed by atoms with Crippen molar-refractivity contribution in [2.24, 2.45) is 0 Å². The standard InChI is InChI=1S/C27H27N5O6S2/c1-19-17-18-28-27(29-19)31-40(36,37)25-15-9-21(10-16-25)30-26(33)20(2)32(39(3,34)35)22-11-13-24(14-12-22)38-23-7-5-4-6-8-23/h4-18,20H,1-3H3,(H,30,33)(H,28,29,31)/t20-/m1/s1. The van der Waals surface area contributed by atoms with E-state index in [4.69, 9.17) is 4.74 Å². The molecule has 0 fully saturated rings. The van der Waals surface area contributed by atoms with E-state index >= 15 is 0 Å². The van der Waals surface area contributed by atoms with Crippen LogP contribution in [0.1, 0.15) is 12.6 Å². The molecule has 0 aliphatic carbocycles. The zero-order valence-electron chi connectivity index (χ0n) is 21.8. The summed E-state index contributed by atoms with van der Waals surface area (Å²) in [4.78, 5) is 20.9. The van der Waals surface area contributed by atoms with Crippen molar-refractivity contribution in [2.75, 3.05) is 20.6 Å². The lowest BCUT2D eigenvalue weighted by Gasteiger charge is -2.28. The minimum atomic E-state index is -3.97. The van der Waals surface area contributed by atoms with Gasteiger partial charge in [0.2, 0.25) is 21.9 Å². The Labute approximate surface area is 233 Å². The number of amides is 1. The highest BCUT2D eigenvalue weighted by molar-refractivity contribution is 7.92. The molecule has 0 radical (unpaired) electrons. The minimum absolute atomic E-state index is 0.0632. The molecule has 4 aromatic rings. The highest BCUT2D eigenvalue weighted by atomic mass is 32.2.